The first-order valence-corrected chi connectivity index (χ1v) is 4.02. The van der Waals surface area contributed by atoms with E-state index in [1.54, 1.807) is 0 Å². The average molecular weight is 187 g/mol. The Bertz CT molecular complexity index is 289. The van der Waals surface area contributed by atoms with Gasteiger partial charge in [-0.2, -0.15) is 0 Å². The van der Waals surface area contributed by atoms with Gasteiger partial charge in [-0.15, -0.1) is 0 Å². The Morgan fingerprint density at radius 3 is 2.69 bits per heavy atom. The molecule has 0 aliphatic heterocycles. The summed E-state index contributed by atoms with van der Waals surface area (Å²) < 4.78 is 24.8. The Balaban J connectivity index is 3.10. The van der Waals surface area contributed by atoms with E-state index >= 15 is 0 Å². The third-order valence-electron chi connectivity index (χ3n) is 1.69. The Labute approximate surface area is 75.0 Å². The molecule has 0 aromatic carbocycles. The van der Waals surface area contributed by atoms with Gasteiger partial charge in [0.25, 0.3) is 6.43 Å². The third-order valence-corrected chi connectivity index (χ3v) is 1.69. The van der Waals surface area contributed by atoms with Gasteiger partial charge >= 0.3 is 0 Å². The molecule has 0 aliphatic carbocycles. The van der Waals surface area contributed by atoms with Crippen molar-refractivity contribution >= 4 is 0 Å². The second-order valence-corrected chi connectivity index (χ2v) is 2.56. The van der Waals surface area contributed by atoms with Crippen LogP contribution >= 0.6 is 0 Å². The highest BCUT2D eigenvalue weighted by Gasteiger charge is 2.14. The Kier molecular flexibility index (Phi) is 3.25. The van der Waals surface area contributed by atoms with Crippen molar-refractivity contribution in [1.29, 1.82) is 0 Å². The highest BCUT2D eigenvalue weighted by Crippen LogP contribution is 2.19. The van der Waals surface area contributed by atoms with Crippen LogP contribution in [0.15, 0.2) is 6.20 Å². The second kappa shape index (κ2) is 4.23. The Hall–Kier alpha value is -1.10. The van der Waals surface area contributed by atoms with Crippen LogP contribution in [-0.4, -0.2) is 9.97 Å². The molecule has 0 fully saturated rings. The summed E-state index contributed by atoms with van der Waals surface area (Å²) in [4.78, 5) is 7.61. The molecule has 13 heavy (non-hydrogen) atoms. The molecule has 0 amide bonds. The predicted octanol–water partition coefficient (Wildman–Crippen LogP) is 1.44. The first kappa shape index (κ1) is 9.98. The van der Waals surface area contributed by atoms with E-state index in [0.717, 1.165) is 0 Å². The predicted molar refractivity (Wildman–Crippen MR) is 44.3 cm³/mol. The smallest absolute Gasteiger partial charge is 0.280 e. The van der Waals surface area contributed by atoms with E-state index < -0.39 is 6.43 Å². The van der Waals surface area contributed by atoms with E-state index in [1.807, 2.05) is 6.92 Å². The summed E-state index contributed by atoms with van der Waals surface area (Å²) in [5.74, 6) is 0.424. The molecule has 0 saturated carbocycles. The molecule has 0 spiro atoms. The summed E-state index contributed by atoms with van der Waals surface area (Å²) in [7, 11) is 0. The van der Waals surface area contributed by atoms with Crippen molar-refractivity contribution in [2.75, 3.05) is 0 Å². The zero-order valence-corrected chi connectivity index (χ0v) is 7.30. The van der Waals surface area contributed by atoms with Gasteiger partial charge in [0.1, 0.15) is 11.5 Å². The van der Waals surface area contributed by atoms with Crippen molar-refractivity contribution < 1.29 is 8.78 Å². The van der Waals surface area contributed by atoms with Crippen LogP contribution in [0.2, 0.25) is 0 Å². The zero-order chi connectivity index (χ0) is 9.84. The van der Waals surface area contributed by atoms with E-state index in [2.05, 4.69) is 9.97 Å². The number of halogens is 2. The summed E-state index contributed by atoms with van der Waals surface area (Å²) in [6.45, 7) is 1.86. The molecule has 0 saturated heterocycles. The second-order valence-electron chi connectivity index (χ2n) is 2.56. The largest absolute Gasteiger partial charge is 0.326 e. The highest BCUT2D eigenvalue weighted by molar-refractivity contribution is 5.18. The lowest BCUT2D eigenvalue weighted by atomic mass is 10.2. The fourth-order valence-corrected chi connectivity index (χ4v) is 0.975. The van der Waals surface area contributed by atoms with Crippen molar-refractivity contribution in [3.8, 4) is 0 Å². The van der Waals surface area contributed by atoms with Crippen LogP contribution in [0, 0.1) is 0 Å². The Morgan fingerprint density at radius 1 is 1.54 bits per heavy atom. The number of hydrogen-bond donors (Lipinski definition) is 1. The minimum Gasteiger partial charge on any atom is -0.326 e. The third kappa shape index (κ3) is 2.18. The quantitative estimate of drug-likeness (QED) is 0.778. The maximum Gasteiger partial charge on any atom is 0.280 e. The van der Waals surface area contributed by atoms with Gasteiger partial charge < -0.3 is 5.73 Å². The van der Waals surface area contributed by atoms with E-state index in [-0.39, 0.29) is 12.2 Å². The van der Waals surface area contributed by atoms with Gasteiger partial charge in [-0.25, -0.2) is 18.7 Å². The van der Waals surface area contributed by atoms with Crippen LogP contribution in [0.3, 0.4) is 0 Å². The van der Waals surface area contributed by atoms with Gasteiger partial charge in [0.05, 0.1) is 0 Å². The molecule has 0 atom stereocenters. The molecule has 0 unspecified atom stereocenters. The first-order valence-electron chi connectivity index (χ1n) is 4.02. The van der Waals surface area contributed by atoms with Crippen LogP contribution < -0.4 is 5.73 Å². The molecular formula is C8H11F2N3. The summed E-state index contributed by atoms with van der Waals surface area (Å²) in [5, 5.41) is 0. The van der Waals surface area contributed by atoms with Crippen molar-refractivity contribution in [2.24, 2.45) is 5.73 Å². The number of aryl methyl sites for hydroxylation is 1. The van der Waals surface area contributed by atoms with Crippen molar-refractivity contribution in [2.45, 2.75) is 26.3 Å². The van der Waals surface area contributed by atoms with E-state index in [4.69, 9.17) is 5.73 Å². The van der Waals surface area contributed by atoms with Crippen LogP contribution in [-0.2, 0) is 13.0 Å². The zero-order valence-electron chi connectivity index (χ0n) is 7.30. The lowest BCUT2D eigenvalue weighted by Gasteiger charge is -2.06. The number of rotatable bonds is 3. The topological polar surface area (TPSA) is 51.8 Å². The van der Waals surface area contributed by atoms with Crippen molar-refractivity contribution in [1.82, 2.24) is 9.97 Å². The van der Waals surface area contributed by atoms with Gasteiger partial charge in [-0.05, 0) is 0 Å². The molecule has 5 heteroatoms. The molecule has 3 nitrogen and oxygen atoms in total. The van der Waals surface area contributed by atoms with Gasteiger partial charge in [-0.1, -0.05) is 6.92 Å². The molecule has 0 aliphatic rings. The standard InChI is InChI=1S/C8H11F2N3/c1-2-6-12-4-5(3-11)7(13-6)8(9)10/h4,8H,2-3,11H2,1H3. The molecule has 1 rings (SSSR count). The molecular weight excluding hydrogens is 176 g/mol. The van der Waals surface area contributed by atoms with E-state index in [1.165, 1.54) is 6.20 Å². The fourth-order valence-electron chi connectivity index (χ4n) is 0.975. The van der Waals surface area contributed by atoms with Gasteiger partial charge in [0, 0.05) is 24.7 Å². The van der Waals surface area contributed by atoms with Gasteiger partial charge in [0.2, 0.25) is 0 Å². The maximum absolute atomic E-state index is 12.4. The highest BCUT2D eigenvalue weighted by atomic mass is 19.3. The van der Waals surface area contributed by atoms with Crippen LogP contribution in [0.4, 0.5) is 8.78 Å². The van der Waals surface area contributed by atoms with E-state index in [0.29, 0.717) is 17.8 Å². The van der Waals surface area contributed by atoms with Crippen LogP contribution in [0.5, 0.6) is 0 Å². The summed E-state index contributed by atoms with van der Waals surface area (Å²) in [6, 6.07) is 0. The minimum absolute atomic E-state index is 0.0453. The SMILES string of the molecule is CCc1ncc(CN)c(C(F)F)n1. The summed E-state index contributed by atoms with van der Waals surface area (Å²) >= 11 is 0. The molecule has 2 N–H and O–H groups in total. The van der Waals surface area contributed by atoms with Crippen LogP contribution in [0.1, 0.15) is 30.4 Å². The first-order chi connectivity index (χ1) is 6.19. The van der Waals surface area contributed by atoms with Gasteiger partial charge in [0.15, 0.2) is 0 Å². The van der Waals surface area contributed by atoms with Gasteiger partial charge in [-0.3, -0.25) is 0 Å². The number of hydrogen-bond acceptors (Lipinski definition) is 3. The number of aromatic nitrogens is 2. The molecule has 1 aromatic heterocycles. The lowest BCUT2D eigenvalue weighted by molar-refractivity contribution is 0.144. The molecule has 0 bridgehead atoms. The average Bonchev–Trinajstić information content (AvgIpc) is 2.16. The Morgan fingerprint density at radius 2 is 2.23 bits per heavy atom. The molecule has 1 heterocycles. The van der Waals surface area contributed by atoms with Crippen molar-refractivity contribution in [3.05, 3.63) is 23.3 Å². The fraction of sp³-hybridized carbons (Fsp3) is 0.500. The number of nitrogens with two attached hydrogens (primary N) is 1. The van der Waals surface area contributed by atoms with E-state index in [9.17, 15) is 8.78 Å². The number of alkyl halides is 2. The molecule has 1 aromatic rings. The molecule has 72 valence electrons. The normalized spacial score (nSPS) is 10.8. The lowest BCUT2D eigenvalue weighted by Crippen LogP contribution is -2.07. The number of nitrogens with zero attached hydrogens (tertiary/aromatic N) is 2. The maximum atomic E-state index is 12.4. The summed E-state index contributed by atoms with van der Waals surface area (Å²) in [6.07, 6.45) is -0.662. The van der Waals surface area contributed by atoms with Crippen molar-refractivity contribution in [3.63, 3.8) is 0 Å². The minimum atomic E-state index is -2.58. The van der Waals surface area contributed by atoms with Crippen LogP contribution in [0.25, 0.3) is 0 Å². The summed E-state index contributed by atoms with van der Waals surface area (Å²) in [5.41, 5.74) is 5.34. The monoisotopic (exact) mass is 187 g/mol. The molecule has 0 radical (unpaired) electrons.